The molecule has 1 aliphatic rings. The molecule has 7 heteroatoms. The Hall–Kier alpha value is -1.76. The fraction of sp³-hybridized carbons (Fsp3) is 0.600. The number of likely N-dealkylation sites (tertiary alicyclic amines) is 1. The lowest BCUT2D eigenvalue weighted by Crippen LogP contribution is -2.36. The molecule has 17 heavy (non-hydrogen) atoms. The highest BCUT2D eigenvalue weighted by Gasteiger charge is 2.22. The number of nitrogens with zero attached hydrogens (tertiary/aromatic N) is 6. The molecule has 0 spiro atoms. The molecular formula is C10H15N7. The van der Waals surface area contributed by atoms with Crippen LogP contribution in [0.3, 0.4) is 0 Å². The lowest BCUT2D eigenvalue weighted by atomic mass is 10.1. The SMILES string of the molecule is c1cn(C2CCCN(Cc3cn[nH]n3)C2)nn1. The summed E-state index contributed by atoms with van der Waals surface area (Å²) < 4.78 is 1.95. The van der Waals surface area contributed by atoms with Crippen molar-refractivity contribution in [2.45, 2.75) is 25.4 Å². The standard InChI is InChI=1S/C10H15N7/c1-2-10(17-5-3-11-15-17)8-16(4-1)7-9-6-12-14-13-9/h3,5-6,10H,1-2,4,7-8H2,(H,12,13,14). The minimum absolute atomic E-state index is 0.429. The largest absolute Gasteiger partial charge is 0.295 e. The molecule has 90 valence electrons. The second-order valence-corrected chi connectivity index (χ2v) is 4.38. The van der Waals surface area contributed by atoms with Crippen molar-refractivity contribution < 1.29 is 0 Å². The molecule has 7 nitrogen and oxygen atoms in total. The number of piperidine rings is 1. The minimum Gasteiger partial charge on any atom is -0.295 e. The molecular weight excluding hydrogens is 218 g/mol. The summed E-state index contributed by atoms with van der Waals surface area (Å²) in [6, 6.07) is 0.429. The highest BCUT2D eigenvalue weighted by molar-refractivity contribution is 4.91. The Morgan fingerprint density at radius 1 is 1.47 bits per heavy atom. The van der Waals surface area contributed by atoms with Crippen LogP contribution < -0.4 is 0 Å². The third-order valence-corrected chi connectivity index (χ3v) is 3.15. The molecule has 2 aromatic rings. The smallest absolute Gasteiger partial charge is 0.0964 e. The number of aromatic amines is 1. The van der Waals surface area contributed by atoms with E-state index in [0.717, 1.165) is 25.3 Å². The summed E-state index contributed by atoms with van der Waals surface area (Å²) in [6.45, 7) is 2.95. The zero-order chi connectivity index (χ0) is 11.5. The van der Waals surface area contributed by atoms with Gasteiger partial charge in [-0.25, -0.2) is 4.68 Å². The Morgan fingerprint density at radius 3 is 3.24 bits per heavy atom. The predicted molar refractivity (Wildman–Crippen MR) is 60.0 cm³/mol. The first kappa shape index (κ1) is 10.4. The van der Waals surface area contributed by atoms with Crippen LogP contribution in [0.5, 0.6) is 0 Å². The summed E-state index contributed by atoms with van der Waals surface area (Å²) in [6.07, 6.45) is 7.79. The molecule has 3 heterocycles. The second kappa shape index (κ2) is 4.62. The molecule has 0 amide bonds. The monoisotopic (exact) mass is 233 g/mol. The lowest BCUT2D eigenvalue weighted by Gasteiger charge is -2.31. The van der Waals surface area contributed by atoms with Crippen LogP contribution in [0.4, 0.5) is 0 Å². The Balaban J connectivity index is 1.64. The third kappa shape index (κ3) is 2.33. The van der Waals surface area contributed by atoms with Crippen LogP contribution in [0.25, 0.3) is 0 Å². The molecule has 0 radical (unpaired) electrons. The zero-order valence-corrected chi connectivity index (χ0v) is 9.53. The van der Waals surface area contributed by atoms with E-state index in [9.17, 15) is 0 Å². The van der Waals surface area contributed by atoms with E-state index in [1.807, 2.05) is 10.9 Å². The van der Waals surface area contributed by atoms with E-state index >= 15 is 0 Å². The van der Waals surface area contributed by atoms with Crippen molar-refractivity contribution in [1.29, 1.82) is 0 Å². The summed E-state index contributed by atoms with van der Waals surface area (Å²) >= 11 is 0. The number of hydrogen-bond donors (Lipinski definition) is 1. The Kier molecular flexibility index (Phi) is 2.83. The molecule has 0 saturated carbocycles. The maximum absolute atomic E-state index is 4.09. The van der Waals surface area contributed by atoms with E-state index in [1.54, 1.807) is 12.4 Å². The van der Waals surface area contributed by atoms with Gasteiger partial charge in [-0.1, -0.05) is 5.21 Å². The van der Waals surface area contributed by atoms with Gasteiger partial charge >= 0.3 is 0 Å². The summed E-state index contributed by atoms with van der Waals surface area (Å²) in [4.78, 5) is 2.38. The predicted octanol–water partition coefficient (Wildman–Crippen LogP) is 0.233. The quantitative estimate of drug-likeness (QED) is 0.821. The van der Waals surface area contributed by atoms with Gasteiger partial charge in [-0.3, -0.25) is 4.90 Å². The van der Waals surface area contributed by atoms with Gasteiger partial charge in [0, 0.05) is 19.3 Å². The second-order valence-electron chi connectivity index (χ2n) is 4.38. The molecule has 1 atom stereocenters. The van der Waals surface area contributed by atoms with Gasteiger partial charge in [0.25, 0.3) is 0 Å². The van der Waals surface area contributed by atoms with Crippen molar-refractivity contribution in [3.63, 3.8) is 0 Å². The molecule has 3 rings (SSSR count). The van der Waals surface area contributed by atoms with Crippen LogP contribution >= 0.6 is 0 Å². The third-order valence-electron chi connectivity index (χ3n) is 3.15. The van der Waals surface area contributed by atoms with E-state index < -0.39 is 0 Å². The topological polar surface area (TPSA) is 75.5 Å². The molecule has 1 N–H and O–H groups in total. The first-order valence-electron chi connectivity index (χ1n) is 5.84. The summed E-state index contributed by atoms with van der Waals surface area (Å²) in [5.41, 5.74) is 0.990. The fourth-order valence-corrected chi connectivity index (χ4v) is 2.33. The highest BCUT2D eigenvalue weighted by atomic mass is 15.4. The summed E-state index contributed by atoms with van der Waals surface area (Å²) in [7, 11) is 0. The van der Waals surface area contributed by atoms with Crippen LogP contribution in [0.2, 0.25) is 0 Å². The number of aromatic nitrogens is 6. The average Bonchev–Trinajstić information content (AvgIpc) is 3.01. The lowest BCUT2D eigenvalue weighted by molar-refractivity contribution is 0.160. The Bertz CT molecular complexity index is 435. The van der Waals surface area contributed by atoms with Crippen LogP contribution in [-0.4, -0.2) is 48.4 Å². The number of rotatable bonds is 3. The van der Waals surface area contributed by atoms with Crippen molar-refractivity contribution in [2.24, 2.45) is 0 Å². The maximum atomic E-state index is 4.09. The van der Waals surface area contributed by atoms with Gasteiger partial charge in [-0.05, 0) is 19.4 Å². The molecule has 0 aliphatic carbocycles. The van der Waals surface area contributed by atoms with E-state index in [-0.39, 0.29) is 0 Å². The molecule has 1 saturated heterocycles. The van der Waals surface area contributed by atoms with E-state index in [2.05, 4.69) is 30.6 Å². The van der Waals surface area contributed by atoms with Gasteiger partial charge in [-0.2, -0.15) is 15.4 Å². The van der Waals surface area contributed by atoms with Crippen LogP contribution in [0.15, 0.2) is 18.6 Å². The van der Waals surface area contributed by atoms with Crippen LogP contribution in [-0.2, 0) is 6.54 Å². The van der Waals surface area contributed by atoms with Gasteiger partial charge in [0.2, 0.25) is 0 Å². The van der Waals surface area contributed by atoms with Gasteiger partial charge in [0.05, 0.1) is 24.1 Å². The Labute approximate surface area is 98.8 Å². The van der Waals surface area contributed by atoms with Crippen LogP contribution in [0.1, 0.15) is 24.6 Å². The number of H-pyrrole nitrogens is 1. The van der Waals surface area contributed by atoms with E-state index in [4.69, 9.17) is 0 Å². The maximum Gasteiger partial charge on any atom is 0.0964 e. The summed E-state index contributed by atoms with van der Waals surface area (Å²) in [5.74, 6) is 0. The molecule has 1 fully saturated rings. The van der Waals surface area contributed by atoms with Crippen molar-refractivity contribution >= 4 is 0 Å². The van der Waals surface area contributed by atoms with Crippen molar-refractivity contribution in [1.82, 2.24) is 35.3 Å². The van der Waals surface area contributed by atoms with Crippen molar-refractivity contribution in [3.8, 4) is 0 Å². The number of hydrogen-bond acceptors (Lipinski definition) is 5. The van der Waals surface area contributed by atoms with Gasteiger partial charge < -0.3 is 0 Å². The highest BCUT2D eigenvalue weighted by Crippen LogP contribution is 2.21. The van der Waals surface area contributed by atoms with Gasteiger partial charge in [-0.15, -0.1) is 5.10 Å². The van der Waals surface area contributed by atoms with E-state index in [0.29, 0.717) is 6.04 Å². The van der Waals surface area contributed by atoms with Gasteiger partial charge in [0.1, 0.15) is 0 Å². The first-order valence-corrected chi connectivity index (χ1v) is 5.84. The van der Waals surface area contributed by atoms with Crippen molar-refractivity contribution in [3.05, 3.63) is 24.3 Å². The number of nitrogens with one attached hydrogen (secondary N) is 1. The van der Waals surface area contributed by atoms with Gasteiger partial charge in [0.15, 0.2) is 0 Å². The molecule has 1 aliphatic heterocycles. The normalized spacial score (nSPS) is 21.8. The zero-order valence-electron chi connectivity index (χ0n) is 9.53. The average molecular weight is 233 g/mol. The fourth-order valence-electron chi connectivity index (χ4n) is 2.33. The molecule has 0 bridgehead atoms. The van der Waals surface area contributed by atoms with Crippen molar-refractivity contribution in [2.75, 3.05) is 13.1 Å². The molecule has 2 aromatic heterocycles. The minimum atomic E-state index is 0.429. The van der Waals surface area contributed by atoms with E-state index in [1.165, 1.54) is 12.8 Å². The molecule has 0 aromatic carbocycles. The first-order chi connectivity index (χ1) is 8.42. The Morgan fingerprint density at radius 2 is 2.47 bits per heavy atom. The molecule has 1 unspecified atom stereocenters. The van der Waals surface area contributed by atoms with Crippen LogP contribution in [0, 0.1) is 0 Å². The summed E-state index contributed by atoms with van der Waals surface area (Å²) in [5, 5.41) is 18.5.